The van der Waals surface area contributed by atoms with Gasteiger partial charge in [0, 0.05) is 33.0 Å². The summed E-state index contributed by atoms with van der Waals surface area (Å²) >= 11 is 12.1. The number of amides is 2. The number of benzene rings is 2. The standard InChI is InChI=1S/C17H21FN4O3S.C16H19FN4O3S.CH3I/c1-20-7-8-21(11-19-20)15-5-3-12(9-14(15)18)22-10-13(25-17(22)23)4-6-16(26)24-2;1-23-15(25)5-3-12-9-21(16(22)24-12)11-2-4-14(13(17)8-11)20-7-6-18-19-10-20;1-2/h3,5,9,11,13H,4,6-8,10H2,1-2H3;2,4,8,10,12,18H,3,5-7,9H2,1H3;1H3/t13-;12-;/m00./s1. The Kier molecular flexibility index (Phi) is 16.0. The number of ether oxygens (including phenoxy) is 4. The van der Waals surface area contributed by atoms with E-state index in [1.807, 2.05) is 12.0 Å². The summed E-state index contributed by atoms with van der Waals surface area (Å²) < 4.78 is 49.6. The number of thiocarbonyl (C=S) groups is 2. The van der Waals surface area contributed by atoms with Crippen LogP contribution in [0.15, 0.2) is 46.6 Å². The van der Waals surface area contributed by atoms with Crippen LogP contribution in [-0.2, 0) is 18.9 Å². The van der Waals surface area contributed by atoms with Crippen LogP contribution in [0.3, 0.4) is 0 Å². The van der Waals surface area contributed by atoms with Gasteiger partial charge in [0.05, 0.1) is 63.1 Å². The molecule has 14 nitrogen and oxygen atoms in total. The van der Waals surface area contributed by atoms with E-state index in [1.165, 1.54) is 36.2 Å². The highest BCUT2D eigenvalue weighted by molar-refractivity contribution is 14.1. The van der Waals surface area contributed by atoms with E-state index < -0.39 is 23.8 Å². The summed E-state index contributed by atoms with van der Waals surface area (Å²) in [6.07, 6.45) is 3.82. The van der Waals surface area contributed by atoms with Crippen molar-refractivity contribution in [2.24, 2.45) is 10.2 Å². The van der Waals surface area contributed by atoms with Gasteiger partial charge in [-0.2, -0.15) is 10.2 Å². The molecule has 6 rings (SSSR count). The zero-order valence-corrected chi connectivity index (χ0v) is 33.7. The SMILES string of the molecule is CI.COC(=S)CC[C@H]1CN(c2ccc(N3C=NN(C)CC3)c(F)c2)C(=O)O1.COC(=S)CC[C@H]1CN(c2ccc(N3C=NNCC3)c(F)c2)C(=O)O1. The molecule has 2 aromatic carbocycles. The Labute approximate surface area is 332 Å². The van der Waals surface area contributed by atoms with E-state index in [0.717, 1.165) is 0 Å². The molecule has 4 aliphatic heterocycles. The zero-order valence-electron chi connectivity index (χ0n) is 29.9. The van der Waals surface area contributed by atoms with Gasteiger partial charge in [0.2, 0.25) is 0 Å². The Morgan fingerprint density at radius 1 is 0.830 bits per heavy atom. The summed E-state index contributed by atoms with van der Waals surface area (Å²) in [7, 11) is 4.90. The van der Waals surface area contributed by atoms with Gasteiger partial charge in [0.25, 0.3) is 0 Å². The van der Waals surface area contributed by atoms with Crippen molar-refractivity contribution < 1.29 is 37.3 Å². The van der Waals surface area contributed by atoms with Gasteiger partial charge >= 0.3 is 12.2 Å². The first-order valence-electron chi connectivity index (χ1n) is 16.7. The van der Waals surface area contributed by atoms with Crippen molar-refractivity contribution in [3.63, 3.8) is 0 Å². The maximum atomic E-state index is 14.6. The number of cyclic esters (lactones) is 2. The van der Waals surface area contributed by atoms with E-state index in [0.29, 0.717) is 97.8 Å². The molecule has 288 valence electrons. The number of likely N-dealkylation sites (N-methyl/N-ethyl adjacent to an activating group) is 1. The third-order valence-corrected chi connectivity index (χ3v) is 9.20. The van der Waals surface area contributed by atoms with Crippen LogP contribution >= 0.6 is 47.0 Å². The summed E-state index contributed by atoms with van der Waals surface area (Å²) in [5.41, 5.74) is 4.60. The number of nitrogens with zero attached hydrogens (tertiary/aromatic N) is 7. The lowest BCUT2D eigenvalue weighted by molar-refractivity contribution is 0.136. The van der Waals surface area contributed by atoms with E-state index in [9.17, 15) is 18.4 Å². The number of hydrazone groups is 2. The van der Waals surface area contributed by atoms with Crippen molar-refractivity contribution in [2.75, 3.05) is 85.1 Å². The summed E-state index contributed by atoms with van der Waals surface area (Å²) in [6, 6.07) is 9.41. The lowest BCUT2D eigenvalue weighted by Crippen LogP contribution is -2.36. The molecule has 2 atom stereocenters. The average Bonchev–Trinajstić information content (AvgIpc) is 3.75. The number of anilines is 4. The first-order valence-corrected chi connectivity index (χ1v) is 19.6. The molecule has 2 saturated heterocycles. The van der Waals surface area contributed by atoms with Crippen molar-refractivity contribution in [2.45, 2.75) is 37.9 Å². The smallest absolute Gasteiger partial charge is 0.414 e. The molecule has 0 spiro atoms. The third kappa shape index (κ3) is 11.4. The Morgan fingerprint density at radius 3 is 1.72 bits per heavy atom. The van der Waals surface area contributed by atoms with Crippen LogP contribution in [0.1, 0.15) is 25.7 Å². The van der Waals surface area contributed by atoms with Crippen molar-refractivity contribution >= 4 is 105 Å². The van der Waals surface area contributed by atoms with Gasteiger partial charge in [-0.25, -0.2) is 18.4 Å². The molecule has 0 unspecified atom stereocenters. The summed E-state index contributed by atoms with van der Waals surface area (Å²) in [5, 5.41) is 10.8. The van der Waals surface area contributed by atoms with E-state index in [-0.39, 0.29) is 12.2 Å². The Hall–Kier alpha value is -4.11. The second-order valence-corrected chi connectivity index (χ2v) is 12.8. The van der Waals surface area contributed by atoms with Crippen LogP contribution in [0.5, 0.6) is 0 Å². The van der Waals surface area contributed by atoms with E-state index in [2.05, 4.69) is 38.2 Å². The molecule has 0 aliphatic carbocycles. The largest absolute Gasteiger partial charge is 0.490 e. The Morgan fingerprint density at radius 2 is 1.32 bits per heavy atom. The van der Waals surface area contributed by atoms with Crippen LogP contribution in [0.25, 0.3) is 0 Å². The van der Waals surface area contributed by atoms with Gasteiger partial charge in [0.1, 0.15) is 36.5 Å². The molecule has 19 heteroatoms. The number of hydrogen-bond acceptors (Lipinski definition) is 14. The lowest BCUT2D eigenvalue weighted by atomic mass is 10.2. The summed E-state index contributed by atoms with van der Waals surface area (Å²) in [5.74, 6) is -0.821. The Bertz CT molecular complexity index is 1680. The average molecular weight is 889 g/mol. The minimum atomic E-state index is -0.482. The highest BCUT2D eigenvalue weighted by Gasteiger charge is 2.34. The molecule has 4 heterocycles. The molecule has 2 amide bonds. The van der Waals surface area contributed by atoms with Gasteiger partial charge in [-0.05, 0) is 78.6 Å². The number of carbonyl (C=O) groups excluding carboxylic acids is 2. The molecular formula is C34H43F2IN8O6S2. The molecule has 2 aromatic rings. The fourth-order valence-electron chi connectivity index (χ4n) is 5.61. The topological polar surface area (TPSA) is 124 Å². The number of nitrogens with one attached hydrogen (secondary N) is 1. The minimum Gasteiger partial charge on any atom is -0.490 e. The van der Waals surface area contributed by atoms with Crippen LogP contribution in [0.2, 0.25) is 0 Å². The van der Waals surface area contributed by atoms with Crippen LogP contribution < -0.4 is 25.0 Å². The third-order valence-electron chi connectivity index (χ3n) is 8.45. The van der Waals surface area contributed by atoms with Gasteiger partial charge in [0.15, 0.2) is 10.1 Å². The molecule has 2 fully saturated rings. The molecule has 0 radical (unpaired) electrons. The summed E-state index contributed by atoms with van der Waals surface area (Å²) in [6.45, 7) is 3.33. The zero-order chi connectivity index (χ0) is 38.5. The maximum Gasteiger partial charge on any atom is 0.414 e. The number of halogens is 3. The van der Waals surface area contributed by atoms with Crippen molar-refractivity contribution in [1.29, 1.82) is 0 Å². The van der Waals surface area contributed by atoms with Crippen molar-refractivity contribution in [3.05, 3.63) is 48.0 Å². The van der Waals surface area contributed by atoms with Gasteiger partial charge in [-0.15, -0.1) is 0 Å². The monoisotopic (exact) mass is 888 g/mol. The van der Waals surface area contributed by atoms with Crippen molar-refractivity contribution in [1.82, 2.24) is 10.4 Å². The lowest BCUT2D eigenvalue weighted by Gasteiger charge is -2.28. The van der Waals surface area contributed by atoms with Gasteiger partial charge in [-0.3, -0.25) is 14.8 Å². The first-order chi connectivity index (χ1) is 25.6. The number of alkyl halides is 1. The summed E-state index contributed by atoms with van der Waals surface area (Å²) in [4.78, 5) is 32.5. The second kappa shape index (κ2) is 20.4. The second-order valence-electron chi connectivity index (χ2n) is 11.9. The van der Waals surface area contributed by atoms with Crippen LogP contribution in [-0.4, -0.2) is 118 Å². The molecule has 0 bridgehead atoms. The number of hydrogen-bond donors (Lipinski definition) is 1. The van der Waals surface area contributed by atoms with E-state index in [4.69, 9.17) is 43.4 Å². The van der Waals surface area contributed by atoms with Crippen LogP contribution in [0.4, 0.5) is 41.1 Å². The number of rotatable bonds is 10. The van der Waals surface area contributed by atoms with E-state index in [1.54, 1.807) is 51.8 Å². The molecule has 0 aromatic heterocycles. The van der Waals surface area contributed by atoms with Gasteiger partial charge in [-0.1, -0.05) is 22.6 Å². The normalized spacial score (nSPS) is 19.0. The first kappa shape index (κ1) is 41.6. The quantitative estimate of drug-likeness (QED) is 0.174. The fraction of sp³-hybridized carbons (Fsp3) is 0.471. The number of methoxy groups -OCH3 is 2. The van der Waals surface area contributed by atoms with Gasteiger partial charge < -0.3 is 34.2 Å². The minimum absolute atomic E-state index is 0.288. The highest BCUT2D eigenvalue weighted by Crippen LogP contribution is 2.30. The van der Waals surface area contributed by atoms with Crippen LogP contribution in [0, 0.1) is 11.6 Å². The van der Waals surface area contributed by atoms with Crippen molar-refractivity contribution in [3.8, 4) is 0 Å². The molecule has 0 saturated carbocycles. The molecular weight excluding hydrogens is 845 g/mol. The molecule has 53 heavy (non-hydrogen) atoms. The Balaban J connectivity index is 0.000000226. The predicted octanol–water partition coefficient (Wildman–Crippen LogP) is 5.91. The fourth-order valence-corrected chi connectivity index (χ4v) is 5.84. The highest BCUT2D eigenvalue weighted by atomic mass is 127. The van der Waals surface area contributed by atoms with E-state index >= 15 is 0 Å². The maximum absolute atomic E-state index is 14.6. The number of carbonyl (C=O) groups is 2. The molecule has 4 aliphatic rings. The predicted molar refractivity (Wildman–Crippen MR) is 218 cm³/mol. The molecule has 1 N–H and O–H groups in total.